The Bertz CT molecular complexity index is 732. The summed E-state index contributed by atoms with van der Waals surface area (Å²) in [5, 5.41) is 18.4. The van der Waals surface area contributed by atoms with Crippen LogP contribution in [-0.2, 0) is 6.54 Å². The summed E-state index contributed by atoms with van der Waals surface area (Å²) in [5.74, 6) is 0. The highest BCUT2D eigenvalue weighted by Crippen LogP contribution is 2.13. The summed E-state index contributed by atoms with van der Waals surface area (Å²) in [6.45, 7) is 2.35. The van der Waals surface area contributed by atoms with Gasteiger partial charge >= 0.3 is 0 Å². The molecule has 0 radical (unpaired) electrons. The van der Waals surface area contributed by atoms with Gasteiger partial charge in [-0.15, -0.1) is 0 Å². The lowest BCUT2D eigenvalue weighted by Crippen LogP contribution is -2.32. The summed E-state index contributed by atoms with van der Waals surface area (Å²) in [6, 6.07) is 16.1. The highest BCUT2D eigenvalue weighted by molar-refractivity contribution is 7.80. The summed E-state index contributed by atoms with van der Waals surface area (Å²) in [6.07, 6.45) is 0. The average molecular weight is 328 g/mol. The highest BCUT2D eigenvalue weighted by Gasteiger charge is 2.07. The first-order chi connectivity index (χ1) is 11.1. The number of rotatable bonds is 5. The predicted octanol–water partition coefficient (Wildman–Crippen LogP) is 2.98. The molecule has 0 bridgehead atoms. The number of hydrazone groups is 1. The molecule has 2 aromatic carbocycles. The Morgan fingerprint density at radius 1 is 1.22 bits per heavy atom. The largest absolute Gasteiger partial charge is 0.357 e. The van der Waals surface area contributed by atoms with Gasteiger partial charge in [0.15, 0.2) is 5.11 Å². The summed E-state index contributed by atoms with van der Waals surface area (Å²) in [4.78, 5) is 10.3. The van der Waals surface area contributed by atoms with Gasteiger partial charge in [0, 0.05) is 24.2 Å². The Labute approximate surface area is 139 Å². The van der Waals surface area contributed by atoms with E-state index >= 15 is 0 Å². The smallest absolute Gasteiger partial charge is 0.270 e. The van der Waals surface area contributed by atoms with Crippen LogP contribution in [-0.4, -0.2) is 15.7 Å². The maximum Gasteiger partial charge on any atom is 0.270 e. The van der Waals surface area contributed by atoms with Gasteiger partial charge in [0.25, 0.3) is 5.69 Å². The van der Waals surface area contributed by atoms with E-state index in [1.165, 1.54) is 12.1 Å². The third kappa shape index (κ3) is 5.15. The first-order valence-electron chi connectivity index (χ1n) is 6.93. The van der Waals surface area contributed by atoms with Crippen LogP contribution in [0.2, 0.25) is 0 Å². The van der Waals surface area contributed by atoms with Gasteiger partial charge in [-0.2, -0.15) is 5.10 Å². The van der Waals surface area contributed by atoms with Crippen LogP contribution in [0.15, 0.2) is 59.7 Å². The minimum atomic E-state index is -0.434. The molecule has 0 saturated carbocycles. The molecule has 7 heteroatoms. The van der Waals surface area contributed by atoms with Crippen LogP contribution < -0.4 is 10.7 Å². The second-order valence-electron chi connectivity index (χ2n) is 4.78. The van der Waals surface area contributed by atoms with Crippen LogP contribution in [0.3, 0.4) is 0 Å². The Balaban J connectivity index is 1.92. The molecule has 0 fully saturated rings. The standard InChI is InChI=1S/C16H16N4O2S/c1-12(14-8-5-9-15(10-14)20(21)22)18-19-16(23)17-11-13-6-3-2-4-7-13/h2-10H,11H2,1H3,(H2,17,19,23)/b18-12-. The Hall–Kier alpha value is -2.80. The number of nitro benzene ring substituents is 1. The number of thiocarbonyl (C=S) groups is 1. The van der Waals surface area contributed by atoms with Gasteiger partial charge in [0.05, 0.1) is 10.6 Å². The third-order valence-corrected chi connectivity index (χ3v) is 3.33. The fourth-order valence-corrected chi connectivity index (χ4v) is 1.98. The normalized spacial score (nSPS) is 10.9. The van der Waals surface area contributed by atoms with Crippen molar-refractivity contribution in [2.24, 2.45) is 5.10 Å². The van der Waals surface area contributed by atoms with Gasteiger partial charge < -0.3 is 5.32 Å². The van der Waals surface area contributed by atoms with Gasteiger partial charge in [-0.25, -0.2) is 0 Å². The molecule has 0 heterocycles. The molecule has 0 amide bonds. The van der Waals surface area contributed by atoms with Crippen molar-refractivity contribution in [1.29, 1.82) is 0 Å². The molecule has 0 unspecified atom stereocenters. The fraction of sp³-hybridized carbons (Fsp3) is 0.125. The summed E-state index contributed by atoms with van der Waals surface area (Å²) >= 11 is 5.15. The van der Waals surface area contributed by atoms with Gasteiger partial charge in [-0.05, 0) is 24.7 Å². The number of nitrogens with one attached hydrogen (secondary N) is 2. The van der Waals surface area contributed by atoms with Crippen molar-refractivity contribution in [2.45, 2.75) is 13.5 Å². The topological polar surface area (TPSA) is 79.6 Å². The van der Waals surface area contributed by atoms with E-state index in [1.54, 1.807) is 19.1 Å². The van der Waals surface area contributed by atoms with Crippen LogP contribution >= 0.6 is 12.2 Å². The van der Waals surface area contributed by atoms with Gasteiger partial charge in [0.2, 0.25) is 0 Å². The van der Waals surface area contributed by atoms with Crippen LogP contribution in [0.1, 0.15) is 18.1 Å². The highest BCUT2D eigenvalue weighted by atomic mass is 32.1. The number of non-ortho nitro benzene ring substituents is 1. The fourth-order valence-electron chi connectivity index (χ4n) is 1.86. The predicted molar refractivity (Wildman–Crippen MR) is 94.3 cm³/mol. The molecule has 0 spiro atoms. The second-order valence-corrected chi connectivity index (χ2v) is 5.19. The minimum absolute atomic E-state index is 0.0295. The zero-order chi connectivity index (χ0) is 16.7. The molecule has 0 aliphatic carbocycles. The summed E-state index contributed by atoms with van der Waals surface area (Å²) < 4.78 is 0. The number of nitro groups is 1. The van der Waals surface area contributed by atoms with Crippen molar-refractivity contribution < 1.29 is 4.92 Å². The summed E-state index contributed by atoms with van der Waals surface area (Å²) in [5.41, 5.74) is 5.15. The number of benzene rings is 2. The van der Waals surface area contributed by atoms with E-state index in [2.05, 4.69) is 15.8 Å². The van der Waals surface area contributed by atoms with E-state index in [0.717, 1.165) is 5.56 Å². The van der Waals surface area contributed by atoms with Crippen molar-refractivity contribution in [3.63, 3.8) is 0 Å². The van der Waals surface area contributed by atoms with E-state index in [0.29, 0.717) is 22.9 Å². The monoisotopic (exact) mass is 328 g/mol. The van der Waals surface area contributed by atoms with Crippen molar-refractivity contribution in [3.05, 3.63) is 75.8 Å². The van der Waals surface area contributed by atoms with Crippen LogP contribution in [0, 0.1) is 10.1 Å². The molecule has 0 aliphatic rings. The molecule has 23 heavy (non-hydrogen) atoms. The molecular formula is C16H16N4O2S. The minimum Gasteiger partial charge on any atom is -0.357 e. The third-order valence-electron chi connectivity index (χ3n) is 3.10. The maximum absolute atomic E-state index is 10.8. The molecule has 0 atom stereocenters. The SMILES string of the molecule is C/C(=N/NC(=S)NCc1ccccc1)c1cccc([N+](=O)[O-])c1. The molecule has 118 valence electrons. The zero-order valence-electron chi connectivity index (χ0n) is 12.5. The first kappa shape index (κ1) is 16.6. The Morgan fingerprint density at radius 3 is 2.65 bits per heavy atom. The van der Waals surface area contributed by atoms with Crippen LogP contribution in [0.25, 0.3) is 0 Å². The van der Waals surface area contributed by atoms with Crippen molar-refractivity contribution in [1.82, 2.24) is 10.7 Å². The van der Waals surface area contributed by atoms with Gasteiger partial charge in [0.1, 0.15) is 0 Å². The molecule has 0 aromatic heterocycles. The van der Waals surface area contributed by atoms with Gasteiger partial charge in [-0.3, -0.25) is 15.5 Å². The van der Waals surface area contributed by atoms with Crippen molar-refractivity contribution in [3.8, 4) is 0 Å². The lowest BCUT2D eigenvalue weighted by molar-refractivity contribution is -0.384. The molecule has 6 nitrogen and oxygen atoms in total. The van der Waals surface area contributed by atoms with Crippen LogP contribution in [0.5, 0.6) is 0 Å². The summed E-state index contributed by atoms with van der Waals surface area (Å²) in [7, 11) is 0. The quantitative estimate of drug-likeness (QED) is 0.382. The van der Waals surface area contributed by atoms with Crippen molar-refractivity contribution in [2.75, 3.05) is 0 Å². The van der Waals surface area contributed by atoms with Gasteiger partial charge in [-0.1, -0.05) is 42.5 Å². The van der Waals surface area contributed by atoms with E-state index in [-0.39, 0.29) is 5.69 Å². The van der Waals surface area contributed by atoms with E-state index in [4.69, 9.17) is 12.2 Å². The first-order valence-corrected chi connectivity index (χ1v) is 7.34. The molecule has 0 aliphatic heterocycles. The molecule has 2 aromatic rings. The lowest BCUT2D eigenvalue weighted by Gasteiger charge is -2.08. The molecule has 2 rings (SSSR count). The average Bonchev–Trinajstić information content (AvgIpc) is 2.58. The molecular weight excluding hydrogens is 312 g/mol. The number of hydrogen-bond acceptors (Lipinski definition) is 4. The van der Waals surface area contributed by atoms with Crippen LogP contribution in [0.4, 0.5) is 5.69 Å². The Kier molecular flexibility index (Phi) is 5.76. The number of nitrogens with zero attached hydrogens (tertiary/aromatic N) is 2. The zero-order valence-corrected chi connectivity index (χ0v) is 13.3. The van der Waals surface area contributed by atoms with E-state index in [1.807, 2.05) is 30.3 Å². The maximum atomic E-state index is 10.8. The second kappa shape index (κ2) is 8.00. The Morgan fingerprint density at radius 2 is 1.96 bits per heavy atom. The number of hydrogen-bond donors (Lipinski definition) is 2. The molecule has 0 saturated heterocycles. The van der Waals surface area contributed by atoms with E-state index in [9.17, 15) is 10.1 Å². The molecule has 2 N–H and O–H groups in total. The van der Waals surface area contributed by atoms with Crippen molar-refractivity contribution >= 4 is 28.7 Å². The van der Waals surface area contributed by atoms with E-state index < -0.39 is 4.92 Å². The lowest BCUT2D eigenvalue weighted by atomic mass is 10.1.